The fraction of sp³-hybridized carbons (Fsp3) is 0.267. The molecule has 2 N–H and O–H groups in total. The molecule has 0 saturated heterocycles. The standard InChI is InChI=1S/C15H16FN5/c1-2-18-10-14(12-3-5-13(16)6-4-12)21-15-19-8-11(7-17)9-20-15/h3-6,8-9,14,18H,2,10H2,1H3,(H,19,20,21). The van der Waals surface area contributed by atoms with Gasteiger partial charge in [-0.1, -0.05) is 19.1 Å². The zero-order chi connectivity index (χ0) is 15.1. The van der Waals surface area contributed by atoms with Gasteiger partial charge in [0.15, 0.2) is 0 Å². The van der Waals surface area contributed by atoms with Crippen molar-refractivity contribution >= 4 is 5.95 Å². The smallest absolute Gasteiger partial charge is 0.223 e. The molecule has 1 aromatic carbocycles. The number of anilines is 1. The van der Waals surface area contributed by atoms with Crippen molar-refractivity contribution in [2.24, 2.45) is 0 Å². The van der Waals surface area contributed by atoms with Crippen molar-refractivity contribution in [3.8, 4) is 6.07 Å². The Balaban J connectivity index is 2.15. The Morgan fingerprint density at radius 1 is 1.24 bits per heavy atom. The van der Waals surface area contributed by atoms with Gasteiger partial charge in [0.25, 0.3) is 0 Å². The van der Waals surface area contributed by atoms with Crippen LogP contribution >= 0.6 is 0 Å². The van der Waals surface area contributed by atoms with Crippen LogP contribution in [0, 0.1) is 17.1 Å². The highest BCUT2D eigenvalue weighted by Gasteiger charge is 2.12. The molecule has 0 aliphatic heterocycles. The second-order valence-electron chi connectivity index (χ2n) is 4.46. The second kappa shape index (κ2) is 7.31. The molecule has 1 heterocycles. The first-order valence-electron chi connectivity index (χ1n) is 6.67. The van der Waals surface area contributed by atoms with Gasteiger partial charge < -0.3 is 10.6 Å². The van der Waals surface area contributed by atoms with Crippen LogP contribution in [0.4, 0.5) is 10.3 Å². The molecule has 108 valence electrons. The van der Waals surface area contributed by atoms with E-state index in [1.165, 1.54) is 24.5 Å². The first kappa shape index (κ1) is 14.9. The third kappa shape index (κ3) is 4.23. The third-order valence-electron chi connectivity index (χ3n) is 2.96. The summed E-state index contributed by atoms with van der Waals surface area (Å²) in [6, 6.07) is 8.20. The molecule has 0 radical (unpaired) electrons. The van der Waals surface area contributed by atoms with Crippen molar-refractivity contribution in [3.63, 3.8) is 0 Å². The minimum atomic E-state index is -0.268. The lowest BCUT2D eigenvalue weighted by atomic mass is 10.1. The molecular formula is C15H16FN5. The second-order valence-corrected chi connectivity index (χ2v) is 4.46. The van der Waals surface area contributed by atoms with Crippen molar-refractivity contribution in [2.45, 2.75) is 13.0 Å². The first-order valence-corrected chi connectivity index (χ1v) is 6.67. The van der Waals surface area contributed by atoms with Crippen LogP contribution in [0.25, 0.3) is 0 Å². The molecule has 0 saturated carbocycles. The molecule has 0 aliphatic rings. The summed E-state index contributed by atoms with van der Waals surface area (Å²) < 4.78 is 13.0. The number of hydrogen-bond donors (Lipinski definition) is 2. The van der Waals surface area contributed by atoms with Crippen LogP contribution in [0.1, 0.15) is 24.1 Å². The Hall–Kier alpha value is -2.52. The van der Waals surface area contributed by atoms with Gasteiger partial charge in [0, 0.05) is 6.54 Å². The minimum Gasteiger partial charge on any atom is -0.346 e. The Morgan fingerprint density at radius 3 is 2.48 bits per heavy atom. The van der Waals surface area contributed by atoms with Gasteiger partial charge in [-0.2, -0.15) is 5.26 Å². The Kier molecular flexibility index (Phi) is 5.18. The average Bonchev–Trinajstić information content (AvgIpc) is 2.53. The van der Waals surface area contributed by atoms with Crippen molar-refractivity contribution in [3.05, 3.63) is 53.6 Å². The summed E-state index contributed by atoms with van der Waals surface area (Å²) in [5, 5.41) is 15.2. The summed E-state index contributed by atoms with van der Waals surface area (Å²) in [6.45, 7) is 3.50. The molecule has 1 atom stereocenters. The molecule has 2 aromatic rings. The average molecular weight is 285 g/mol. The van der Waals surface area contributed by atoms with Crippen LogP contribution in [0.3, 0.4) is 0 Å². The fourth-order valence-electron chi connectivity index (χ4n) is 1.85. The minimum absolute atomic E-state index is 0.0847. The highest BCUT2D eigenvalue weighted by Crippen LogP contribution is 2.17. The largest absolute Gasteiger partial charge is 0.346 e. The SMILES string of the molecule is CCNCC(Nc1ncc(C#N)cn1)c1ccc(F)cc1. The summed E-state index contributed by atoms with van der Waals surface area (Å²) in [5.74, 6) is 0.164. The van der Waals surface area contributed by atoms with Crippen LogP contribution in [0.5, 0.6) is 0 Å². The maximum atomic E-state index is 13.0. The molecular weight excluding hydrogens is 269 g/mol. The predicted molar refractivity (Wildman–Crippen MR) is 78.1 cm³/mol. The molecule has 2 rings (SSSR count). The number of rotatable bonds is 6. The van der Waals surface area contributed by atoms with E-state index < -0.39 is 0 Å². The van der Waals surface area contributed by atoms with Crippen LogP contribution in [0.2, 0.25) is 0 Å². The monoisotopic (exact) mass is 285 g/mol. The number of likely N-dealkylation sites (N-methyl/N-ethyl adjacent to an activating group) is 1. The highest BCUT2D eigenvalue weighted by atomic mass is 19.1. The van der Waals surface area contributed by atoms with E-state index in [0.717, 1.165) is 12.1 Å². The summed E-state index contributed by atoms with van der Waals surface area (Å²) >= 11 is 0. The van der Waals surface area contributed by atoms with Gasteiger partial charge in [-0.15, -0.1) is 0 Å². The summed E-state index contributed by atoms with van der Waals surface area (Å²) in [6.07, 6.45) is 2.93. The molecule has 1 aromatic heterocycles. The van der Waals surface area contributed by atoms with E-state index in [1.807, 2.05) is 13.0 Å². The predicted octanol–water partition coefficient (Wildman–Crippen LogP) is 2.25. The fourth-order valence-corrected chi connectivity index (χ4v) is 1.85. The topological polar surface area (TPSA) is 73.6 Å². The lowest BCUT2D eigenvalue weighted by Gasteiger charge is -2.19. The van der Waals surface area contributed by atoms with Crippen LogP contribution in [-0.2, 0) is 0 Å². The number of nitrogens with one attached hydrogen (secondary N) is 2. The quantitative estimate of drug-likeness (QED) is 0.851. The molecule has 1 unspecified atom stereocenters. The van der Waals surface area contributed by atoms with Gasteiger partial charge in [0.05, 0.1) is 24.0 Å². The number of halogens is 1. The number of nitriles is 1. The maximum absolute atomic E-state index is 13.0. The number of hydrogen-bond acceptors (Lipinski definition) is 5. The van der Waals surface area contributed by atoms with Crippen molar-refractivity contribution < 1.29 is 4.39 Å². The maximum Gasteiger partial charge on any atom is 0.223 e. The number of aromatic nitrogens is 2. The van der Waals surface area contributed by atoms with E-state index in [-0.39, 0.29) is 11.9 Å². The summed E-state index contributed by atoms with van der Waals surface area (Å²) in [5.41, 5.74) is 1.34. The van der Waals surface area contributed by atoms with Gasteiger partial charge >= 0.3 is 0 Å². The van der Waals surface area contributed by atoms with Gasteiger partial charge in [-0.05, 0) is 24.2 Å². The van der Waals surface area contributed by atoms with E-state index in [4.69, 9.17) is 5.26 Å². The van der Waals surface area contributed by atoms with Crippen LogP contribution in [0.15, 0.2) is 36.7 Å². The Bertz CT molecular complexity index is 603. The lowest BCUT2D eigenvalue weighted by molar-refractivity contribution is 0.619. The molecule has 0 bridgehead atoms. The lowest BCUT2D eigenvalue weighted by Crippen LogP contribution is -2.27. The molecule has 0 amide bonds. The van der Waals surface area contributed by atoms with Crippen molar-refractivity contribution in [1.29, 1.82) is 5.26 Å². The molecule has 6 heteroatoms. The zero-order valence-corrected chi connectivity index (χ0v) is 11.7. The van der Waals surface area contributed by atoms with Crippen molar-refractivity contribution in [2.75, 3.05) is 18.4 Å². The van der Waals surface area contributed by atoms with Gasteiger partial charge in [0.2, 0.25) is 5.95 Å². The van der Waals surface area contributed by atoms with E-state index >= 15 is 0 Å². The van der Waals surface area contributed by atoms with Crippen molar-refractivity contribution in [1.82, 2.24) is 15.3 Å². The summed E-state index contributed by atoms with van der Waals surface area (Å²) in [7, 11) is 0. The third-order valence-corrected chi connectivity index (χ3v) is 2.96. The molecule has 5 nitrogen and oxygen atoms in total. The Morgan fingerprint density at radius 2 is 1.90 bits per heavy atom. The zero-order valence-electron chi connectivity index (χ0n) is 11.7. The Labute approximate surface area is 122 Å². The van der Waals surface area contributed by atoms with Crippen LogP contribution in [-0.4, -0.2) is 23.1 Å². The van der Waals surface area contributed by atoms with Gasteiger partial charge in [-0.25, -0.2) is 14.4 Å². The van der Waals surface area contributed by atoms with E-state index in [0.29, 0.717) is 18.1 Å². The van der Waals surface area contributed by atoms with Crippen LogP contribution < -0.4 is 10.6 Å². The van der Waals surface area contributed by atoms with Gasteiger partial charge in [-0.3, -0.25) is 0 Å². The van der Waals surface area contributed by atoms with E-state index in [1.54, 1.807) is 12.1 Å². The number of nitrogens with zero attached hydrogens (tertiary/aromatic N) is 3. The first-order chi connectivity index (χ1) is 10.2. The van der Waals surface area contributed by atoms with Gasteiger partial charge in [0.1, 0.15) is 11.9 Å². The normalized spacial score (nSPS) is 11.7. The summed E-state index contributed by atoms with van der Waals surface area (Å²) in [4.78, 5) is 8.19. The molecule has 0 fully saturated rings. The van der Waals surface area contributed by atoms with E-state index in [2.05, 4.69) is 20.6 Å². The molecule has 0 aliphatic carbocycles. The molecule has 21 heavy (non-hydrogen) atoms. The van der Waals surface area contributed by atoms with E-state index in [9.17, 15) is 4.39 Å². The highest BCUT2D eigenvalue weighted by molar-refractivity contribution is 5.34. The number of benzene rings is 1. The molecule has 0 spiro atoms.